The fraction of sp³-hybridized carbons (Fsp3) is 0.444. The molecule has 1 aliphatic heterocycles. The third-order valence-electron chi connectivity index (χ3n) is 2.28. The largest absolute Gasteiger partial charge is 0.322 e. The summed E-state index contributed by atoms with van der Waals surface area (Å²) in [7, 11) is 0. The van der Waals surface area contributed by atoms with Gasteiger partial charge in [0.25, 0.3) is 0 Å². The Bertz CT molecular complexity index is 386. The Kier molecular flexibility index (Phi) is 3.31. The van der Waals surface area contributed by atoms with Crippen molar-refractivity contribution in [1.29, 1.82) is 0 Å². The fourth-order valence-corrected chi connectivity index (χ4v) is 1.60. The SMILES string of the molecule is O=C(Nc1cnc(Cl)nc1)[C@H]1C[C@H](F)CN1. The average Bonchev–Trinajstić information content (AvgIpc) is 2.68. The number of hydrogen-bond acceptors (Lipinski definition) is 4. The number of nitrogens with zero attached hydrogens (tertiary/aromatic N) is 2. The normalized spacial score (nSPS) is 24.4. The number of hydrogen-bond donors (Lipinski definition) is 2. The van der Waals surface area contributed by atoms with Gasteiger partial charge in [-0.15, -0.1) is 0 Å². The monoisotopic (exact) mass is 244 g/mol. The van der Waals surface area contributed by atoms with E-state index in [1.54, 1.807) is 0 Å². The summed E-state index contributed by atoms with van der Waals surface area (Å²) in [4.78, 5) is 19.1. The molecular formula is C9H10ClFN4O. The second-order valence-electron chi connectivity index (χ2n) is 3.52. The molecule has 2 atom stereocenters. The van der Waals surface area contributed by atoms with Gasteiger partial charge in [0.15, 0.2) is 0 Å². The van der Waals surface area contributed by atoms with Crippen molar-refractivity contribution < 1.29 is 9.18 Å². The lowest BCUT2D eigenvalue weighted by atomic mass is 10.2. The van der Waals surface area contributed by atoms with Crippen LogP contribution in [0.4, 0.5) is 10.1 Å². The minimum absolute atomic E-state index is 0.112. The van der Waals surface area contributed by atoms with E-state index in [0.29, 0.717) is 5.69 Å². The highest BCUT2D eigenvalue weighted by Crippen LogP contribution is 2.12. The van der Waals surface area contributed by atoms with Crippen LogP contribution in [0.1, 0.15) is 6.42 Å². The minimum Gasteiger partial charge on any atom is -0.322 e. The van der Waals surface area contributed by atoms with E-state index in [-0.39, 0.29) is 24.2 Å². The van der Waals surface area contributed by atoms with Gasteiger partial charge in [0, 0.05) is 13.0 Å². The zero-order chi connectivity index (χ0) is 11.5. The molecule has 1 aliphatic rings. The second kappa shape index (κ2) is 4.71. The van der Waals surface area contributed by atoms with Crippen LogP contribution in [0.25, 0.3) is 0 Å². The molecule has 2 N–H and O–H groups in total. The smallest absolute Gasteiger partial charge is 0.241 e. The number of nitrogens with one attached hydrogen (secondary N) is 2. The lowest BCUT2D eigenvalue weighted by Crippen LogP contribution is -2.35. The molecule has 1 fully saturated rings. The van der Waals surface area contributed by atoms with Crippen molar-refractivity contribution in [2.75, 3.05) is 11.9 Å². The van der Waals surface area contributed by atoms with Gasteiger partial charge in [0.2, 0.25) is 11.2 Å². The summed E-state index contributed by atoms with van der Waals surface area (Å²) in [6, 6.07) is -0.495. The van der Waals surface area contributed by atoms with Crippen molar-refractivity contribution in [3.05, 3.63) is 17.7 Å². The zero-order valence-electron chi connectivity index (χ0n) is 8.28. The molecule has 2 rings (SSSR count). The van der Waals surface area contributed by atoms with E-state index in [1.165, 1.54) is 12.4 Å². The average molecular weight is 245 g/mol. The van der Waals surface area contributed by atoms with E-state index in [9.17, 15) is 9.18 Å². The van der Waals surface area contributed by atoms with Crippen molar-refractivity contribution in [2.45, 2.75) is 18.6 Å². The van der Waals surface area contributed by atoms with E-state index in [2.05, 4.69) is 20.6 Å². The van der Waals surface area contributed by atoms with Crippen molar-refractivity contribution in [2.24, 2.45) is 0 Å². The van der Waals surface area contributed by atoms with Crippen molar-refractivity contribution in [3.8, 4) is 0 Å². The van der Waals surface area contributed by atoms with Crippen molar-refractivity contribution in [3.63, 3.8) is 0 Å². The molecule has 1 amide bonds. The Hall–Kier alpha value is -1.27. The molecule has 0 radical (unpaired) electrons. The number of carbonyl (C=O) groups is 1. The Morgan fingerprint density at radius 2 is 2.25 bits per heavy atom. The van der Waals surface area contributed by atoms with Crippen LogP contribution in [0.2, 0.25) is 5.28 Å². The molecule has 0 saturated carbocycles. The number of rotatable bonds is 2. The molecule has 0 aliphatic carbocycles. The topological polar surface area (TPSA) is 66.9 Å². The van der Waals surface area contributed by atoms with Gasteiger partial charge in [-0.1, -0.05) is 0 Å². The Labute approximate surface area is 96.4 Å². The van der Waals surface area contributed by atoms with E-state index in [0.717, 1.165) is 0 Å². The summed E-state index contributed by atoms with van der Waals surface area (Å²) < 4.78 is 12.8. The molecule has 16 heavy (non-hydrogen) atoms. The summed E-state index contributed by atoms with van der Waals surface area (Å²) in [5, 5.41) is 5.48. The molecule has 1 saturated heterocycles. The number of carbonyl (C=O) groups excluding carboxylic acids is 1. The van der Waals surface area contributed by atoms with Crippen molar-refractivity contribution >= 4 is 23.2 Å². The lowest BCUT2D eigenvalue weighted by molar-refractivity contribution is -0.117. The van der Waals surface area contributed by atoms with Crippen LogP contribution in [-0.2, 0) is 4.79 Å². The summed E-state index contributed by atoms with van der Waals surface area (Å²) in [5.74, 6) is -0.286. The van der Waals surface area contributed by atoms with Gasteiger partial charge in [-0.25, -0.2) is 14.4 Å². The predicted octanol–water partition coefficient (Wildman–Crippen LogP) is 0.768. The molecular weight excluding hydrogens is 235 g/mol. The Balaban J connectivity index is 1.94. The van der Waals surface area contributed by atoms with Gasteiger partial charge in [-0.3, -0.25) is 4.79 Å². The molecule has 5 nitrogen and oxygen atoms in total. The van der Waals surface area contributed by atoms with Gasteiger partial charge in [-0.2, -0.15) is 0 Å². The van der Waals surface area contributed by atoms with E-state index in [1.807, 2.05) is 0 Å². The number of halogens is 2. The fourth-order valence-electron chi connectivity index (χ4n) is 1.50. The second-order valence-corrected chi connectivity index (χ2v) is 3.86. The quantitative estimate of drug-likeness (QED) is 0.754. The maximum Gasteiger partial charge on any atom is 0.241 e. The van der Waals surface area contributed by atoms with Gasteiger partial charge in [-0.05, 0) is 11.6 Å². The van der Waals surface area contributed by atoms with Crippen LogP contribution in [-0.4, -0.2) is 34.6 Å². The first kappa shape index (κ1) is 11.2. The Morgan fingerprint density at radius 1 is 1.56 bits per heavy atom. The minimum atomic E-state index is -0.961. The molecule has 0 spiro atoms. The molecule has 0 unspecified atom stereocenters. The van der Waals surface area contributed by atoms with Crippen molar-refractivity contribution in [1.82, 2.24) is 15.3 Å². The summed E-state index contributed by atoms with van der Waals surface area (Å²) in [6.45, 7) is 0.217. The molecule has 7 heteroatoms. The van der Waals surface area contributed by atoms with Crippen LogP contribution >= 0.6 is 11.6 Å². The third kappa shape index (κ3) is 2.65. The van der Waals surface area contributed by atoms with E-state index in [4.69, 9.17) is 11.6 Å². The maximum absolute atomic E-state index is 12.8. The first-order valence-corrected chi connectivity index (χ1v) is 5.19. The van der Waals surface area contributed by atoms with Crippen LogP contribution in [0.15, 0.2) is 12.4 Å². The van der Waals surface area contributed by atoms with Crippen LogP contribution in [0.3, 0.4) is 0 Å². The first-order valence-electron chi connectivity index (χ1n) is 4.81. The van der Waals surface area contributed by atoms with Crippen LogP contribution in [0.5, 0.6) is 0 Å². The maximum atomic E-state index is 12.8. The molecule has 2 heterocycles. The number of amides is 1. The molecule has 1 aromatic heterocycles. The molecule has 0 aromatic carbocycles. The first-order chi connectivity index (χ1) is 7.65. The number of anilines is 1. The van der Waals surface area contributed by atoms with Gasteiger partial charge >= 0.3 is 0 Å². The van der Waals surface area contributed by atoms with Gasteiger partial charge in [0.05, 0.1) is 24.1 Å². The summed E-state index contributed by atoms with van der Waals surface area (Å²) in [5.41, 5.74) is 0.443. The van der Waals surface area contributed by atoms with Crippen LogP contribution < -0.4 is 10.6 Å². The summed E-state index contributed by atoms with van der Waals surface area (Å²) in [6.07, 6.45) is 2.03. The third-order valence-corrected chi connectivity index (χ3v) is 2.48. The molecule has 1 aromatic rings. The molecule has 0 bridgehead atoms. The molecule has 86 valence electrons. The van der Waals surface area contributed by atoms with Gasteiger partial charge in [0.1, 0.15) is 6.17 Å². The van der Waals surface area contributed by atoms with Gasteiger partial charge < -0.3 is 10.6 Å². The predicted molar refractivity (Wildman–Crippen MR) is 57.0 cm³/mol. The highest BCUT2D eigenvalue weighted by molar-refractivity contribution is 6.28. The highest BCUT2D eigenvalue weighted by atomic mass is 35.5. The van der Waals surface area contributed by atoms with E-state index >= 15 is 0 Å². The number of aromatic nitrogens is 2. The Morgan fingerprint density at radius 3 is 2.81 bits per heavy atom. The summed E-state index contributed by atoms with van der Waals surface area (Å²) >= 11 is 5.50. The van der Waals surface area contributed by atoms with Crippen LogP contribution in [0, 0.1) is 0 Å². The van der Waals surface area contributed by atoms with E-state index < -0.39 is 12.2 Å². The number of alkyl halides is 1. The lowest BCUT2D eigenvalue weighted by Gasteiger charge is -2.09. The standard InChI is InChI=1S/C9H10ClFN4O/c10-9-13-3-6(4-14-9)15-8(16)7-1-5(11)2-12-7/h3-5,7,12H,1-2H2,(H,15,16)/t5-,7+/m0/s1. The highest BCUT2D eigenvalue weighted by Gasteiger charge is 2.29. The zero-order valence-corrected chi connectivity index (χ0v) is 9.04.